The highest BCUT2D eigenvalue weighted by atomic mass is 19.1. The number of nitrogens with zero attached hydrogens (tertiary/aromatic N) is 2. The summed E-state index contributed by atoms with van der Waals surface area (Å²) in [6.45, 7) is 6.50. The van der Waals surface area contributed by atoms with Crippen molar-refractivity contribution in [1.29, 1.82) is 0 Å². The van der Waals surface area contributed by atoms with Crippen molar-refractivity contribution in [3.63, 3.8) is 0 Å². The first-order valence-electron chi connectivity index (χ1n) is 7.90. The van der Waals surface area contributed by atoms with Gasteiger partial charge < -0.3 is 15.4 Å². The highest BCUT2D eigenvalue weighted by Crippen LogP contribution is 2.33. The average molecular weight is 293 g/mol. The van der Waals surface area contributed by atoms with Gasteiger partial charge in [-0.2, -0.15) is 0 Å². The van der Waals surface area contributed by atoms with E-state index in [1.165, 1.54) is 31.9 Å². The van der Waals surface area contributed by atoms with Gasteiger partial charge >= 0.3 is 0 Å². The smallest absolute Gasteiger partial charge is 0.167 e. The van der Waals surface area contributed by atoms with Gasteiger partial charge in [-0.3, -0.25) is 4.90 Å². The Hall–Kier alpha value is -1.49. The molecule has 1 aromatic rings. The maximum Gasteiger partial charge on any atom is 0.167 e. The Morgan fingerprint density at radius 3 is 2.95 bits per heavy atom. The van der Waals surface area contributed by atoms with Crippen LogP contribution in [0.3, 0.4) is 0 Å². The molecule has 0 aliphatic carbocycles. The van der Waals surface area contributed by atoms with Gasteiger partial charge in [-0.15, -0.1) is 0 Å². The number of anilines is 2. The minimum Gasteiger partial charge on any atom is -0.491 e. The van der Waals surface area contributed by atoms with Gasteiger partial charge in [0.1, 0.15) is 0 Å². The van der Waals surface area contributed by atoms with Crippen molar-refractivity contribution in [1.82, 2.24) is 4.90 Å². The van der Waals surface area contributed by atoms with Crippen LogP contribution in [0.1, 0.15) is 26.2 Å². The molecule has 0 bridgehead atoms. The van der Waals surface area contributed by atoms with Gasteiger partial charge in [-0.25, -0.2) is 4.39 Å². The summed E-state index contributed by atoms with van der Waals surface area (Å²) in [6, 6.07) is 3.74. The minimum absolute atomic E-state index is 0.299. The number of rotatable bonds is 3. The summed E-state index contributed by atoms with van der Waals surface area (Å²) >= 11 is 0. The molecule has 116 valence electrons. The molecular formula is C16H24FN3O. The van der Waals surface area contributed by atoms with Crippen molar-refractivity contribution < 1.29 is 9.13 Å². The lowest BCUT2D eigenvalue weighted by Crippen LogP contribution is -2.55. The van der Waals surface area contributed by atoms with Gasteiger partial charge in [-0.05, 0) is 26.3 Å². The predicted molar refractivity (Wildman–Crippen MR) is 83.4 cm³/mol. The topological polar surface area (TPSA) is 41.7 Å². The lowest BCUT2D eigenvalue weighted by molar-refractivity contribution is 0.133. The normalized spacial score (nSPS) is 23.0. The Kier molecular flexibility index (Phi) is 4.19. The van der Waals surface area contributed by atoms with Crippen LogP contribution >= 0.6 is 0 Å². The predicted octanol–water partition coefficient (Wildman–Crippen LogP) is 2.48. The van der Waals surface area contributed by atoms with E-state index in [1.807, 2.05) is 6.92 Å². The number of fused-ring (bicyclic) bond motifs is 1. The van der Waals surface area contributed by atoms with Gasteiger partial charge in [0.05, 0.1) is 18.0 Å². The molecule has 2 saturated heterocycles. The van der Waals surface area contributed by atoms with Gasteiger partial charge in [-0.1, -0.05) is 6.42 Å². The van der Waals surface area contributed by atoms with Crippen LogP contribution < -0.4 is 15.4 Å². The highest BCUT2D eigenvalue weighted by Gasteiger charge is 2.30. The monoisotopic (exact) mass is 293 g/mol. The van der Waals surface area contributed by atoms with E-state index in [2.05, 4.69) is 9.80 Å². The molecule has 3 rings (SSSR count). The number of nitrogens with two attached hydrogens (primary N) is 1. The highest BCUT2D eigenvalue weighted by molar-refractivity contribution is 5.70. The van der Waals surface area contributed by atoms with Crippen LogP contribution in [-0.4, -0.2) is 43.7 Å². The number of piperidine rings is 1. The van der Waals surface area contributed by atoms with E-state index in [0.717, 1.165) is 25.3 Å². The third kappa shape index (κ3) is 2.93. The molecule has 0 aromatic heterocycles. The second-order valence-electron chi connectivity index (χ2n) is 5.91. The van der Waals surface area contributed by atoms with Crippen LogP contribution in [0, 0.1) is 5.82 Å². The van der Waals surface area contributed by atoms with Gasteiger partial charge in [0.25, 0.3) is 0 Å². The number of halogens is 1. The molecule has 2 aliphatic heterocycles. The Labute approximate surface area is 125 Å². The lowest BCUT2D eigenvalue weighted by atomic mass is 9.99. The average Bonchev–Trinajstić information content (AvgIpc) is 2.49. The minimum atomic E-state index is -0.380. The third-order valence-corrected chi connectivity index (χ3v) is 4.56. The number of benzene rings is 1. The Morgan fingerprint density at radius 2 is 2.14 bits per heavy atom. The van der Waals surface area contributed by atoms with Crippen LogP contribution in [-0.2, 0) is 0 Å². The molecule has 1 atom stereocenters. The van der Waals surface area contributed by atoms with Crippen molar-refractivity contribution in [2.45, 2.75) is 32.2 Å². The molecular weight excluding hydrogens is 269 g/mol. The number of nitrogen functional groups attached to an aromatic ring is 1. The molecule has 2 fully saturated rings. The maximum atomic E-state index is 13.8. The largest absolute Gasteiger partial charge is 0.491 e. The molecule has 0 saturated carbocycles. The van der Waals surface area contributed by atoms with Crippen molar-refractivity contribution in [3.8, 4) is 5.75 Å². The van der Waals surface area contributed by atoms with Crippen molar-refractivity contribution in [2.24, 2.45) is 0 Å². The Balaban J connectivity index is 1.81. The summed E-state index contributed by atoms with van der Waals surface area (Å²) in [5.74, 6) is -0.0813. The van der Waals surface area contributed by atoms with Crippen LogP contribution in [0.25, 0.3) is 0 Å². The van der Waals surface area contributed by atoms with E-state index in [0.29, 0.717) is 24.1 Å². The molecule has 4 nitrogen and oxygen atoms in total. The quantitative estimate of drug-likeness (QED) is 0.869. The van der Waals surface area contributed by atoms with Crippen LogP contribution in [0.4, 0.5) is 15.8 Å². The van der Waals surface area contributed by atoms with E-state index >= 15 is 0 Å². The summed E-state index contributed by atoms with van der Waals surface area (Å²) in [5, 5.41) is 0. The molecule has 1 unspecified atom stereocenters. The third-order valence-electron chi connectivity index (χ3n) is 4.56. The van der Waals surface area contributed by atoms with E-state index in [4.69, 9.17) is 10.5 Å². The summed E-state index contributed by atoms with van der Waals surface area (Å²) in [7, 11) is 0. The fourth-order valence-corrected chi connectivity index (χ4v) is 3.47. The van der Waals surface area contributed by atoms with Gasteiger partial charge in [0.2, 0.25) is 0 Å². The molecule has 5 heteroatoms. The van der Waals surface area contributed by atoms with E-state index < -0.39 is 0 Å². The molecule has 21 heavy (non-hydrogen) atoms. The zero-order valence-corrected chi connectivity index (χ0v) is 12.6. The van der Waals surface area contributed by atoms with Crippen molar-refractivity contribution >= 4 is 11.4 Å². The van der Waals surface area contributed by atoms with E-state index in [9.17, 15) is 4.39 Å². The van der Waals surface area contributed by atoms with Crippen LogP contribution in [0.2, 0.25) is 0 Å². The second-order valence-corrected chi connectivity index (χ2v) is 5.91. The zero-order chi connectivity index (χ0) is 14.8. The Bertz CT molecular complexity index is 509. The van der Waals surface area contributed by atoms with E-state index in [1.54, 1.807) is 6.07 Å². The molecule has 1 aromatic carbocycles. The standard InChI is InChI=1S/C16H24FN3O/c1-2-21-16-10-15(14(18)9-13(16)17)20-8-7-19-6-4-3-5-12(19)11-20/h9-10,12H,2-8,11,18H2,1H3. The second kappa shape index (κ2) is 6.10. The summed E-state index contributed by atoms with van der Waals surface area (Å²) < 4.78 is 19.2. The first-order chi connectivity index (χ1) is 10.2. The number of hydrogen-bond donors (Lipinski definition) is 1. The SMILES string of the molecule is CCOc1cc(N2CCN3CCCCC3C2)c(N)cc1F. The number of piperazine rings is 1. The van der Waals surface area contributed by atoms with Gasteiger partial charge in [0, 0.05) is 37.8 Å². The first kappa shape index (κ1) is 14.4. The lowest BCUT2D eigenvalue weighted by Gasteiger charge is -2.45. The Morgan fingerprint density at radius 1 is 1.29 bits per heavy atom. The summed E-state index contributed by atoms with van der Waals surface area (Å²) in [6.07, 6.45) is 3.86. The first-order valence-corrected chi connectivity index (χ1v) is 7.90. The van der Waals surface area contributed by atoms with Gasteiger partial charge in [0.15, 0.2) is 11.6 Å². The number of hydrogen-bond acceptors (Lipinski definition) is 4. The molecule has 0 radical (unpaired) electrons. The van der Waals surface area contributed by atoms with Crippen molar-refractivity contribution in [3.05, 3.63) is 17.9 Å². The maximum absolute atomic E-state index is 13.8. The fourth-order valence-electron chi connectivity index (χ4n) is 3.47. The molecule has 2 heterocycles. The molecule has 2 aliphatic rings. The fraction of sp³-hybridized carbons (Fsp3) is 0.625. The summed E-state index contributed by atoms with van der Waals surface area (Å²) in [4.78, 5) is 4.85. The van der Waals surface area contributed by atoms with Crippen LogP contribution in [0.5, 0.6) is 5.75 Å². The summed E-state index contributed by atoms with van der Waals surface area (Å²) in [5.41, 5.74) is 7.44. The number of ether oxygens (including phenoxy) is 1. The zero-order valence-electron chi connectivity index (χ0n) is 12.6. The van der Waals surface area contributed by atoms with Crippen molar-refractivity contribution in [2.75, 3.05) is 43.4 Å². The van der Waals surface area contributed by atoms with Crippen LogP contribution in [0.15, 0.2) is 12.1 Å². The molecule has 0 spiro atoms. The van der Waals surface area contributed by atoms with E-state index in [-0.39, 0.29) is 5.82 Å². The molecule has 0 amide bonds. The molecule has 2 N–H and O–H groups in total.